The molecule has 2 rings (SSSR count). The molecule has 1 amide bonds. The predicted molar refractivity (Wildman–Crippen MR) is 71.9 cm³/mol. The molecule has 4 nitrogen and oxygen atoms in total. The van der Waals surface area contributed by atoms with E-state index in [9.17, 15) is 4.79 Å². The minimum atomic E-state index is -0.0236. The fraction of sp³-hybridized carbons (Fsp3) is 0.500. The summed E-state index contributed by atoms with van der Waals surface area (Å²) in [7, 11) is 1.75. The van der Waals surface area contributed by atoms with Crippen LogP contribution in [0, 0.1) is 0 Å². The van der Waals surface area contributed by atoms with Gasteiger partial charge in [-0.2, -0.15) is 0 Å². The second kappa shape index (κ2) is 5.87. The number of hydrogen-bond donors (Lipinski definition) is 2. The monoisotopic (exact) mass is 248 g/mol. The fourth-order valence-electron chi connectivity index (χ4n) is 2.12. The van der Waals surface area contributed by atoms with Crippen LogP contribution >= 0.6 is 0 Å². The molecule has 0 aromatic heterocycles. The number of benzene rings is 1. The van der Waals surface area contributed by atoms with Crippen molar-refractivity contribution in [1.29, 1.82) is 0 Å². The summed E-state index contributed by atoms with van der Waals surface area (Å²) < 4.78 is 5.24. The molecule has 0 radical (unpaired) electrons. The summed E-state index contributed by atoms with van der Waals surface area (Å²) in [6, 6.07) is 8.07. The molecule has 0 spiro atoms. The largest absolute Gasteiger partial charge is 0.382 e. The third kappa shape index (κ3) is 3.01. The van der Waals surface area contributed by atoms with Crippen LogP contribution in [-0.2, 0) is 4.74 Å². The summed E-state index contributed by atoms with van der Waals surface area (Å²) in [5.74, 6) is -0.0236. The number of carbonyl (C=O) groups excluding carboxylic acids is 1. The van der Waals surface area contributed by atoms with E-state index in [0.29, 0.717) is 24.3 Å². The molecule has 1 fully saturated rings. The Balaban J connectivity index is 1.93. The van der Waals surface area contributed by atoms with Crippen LogP contribution < -0.4 is 10.6 Å². The highest BCUT2D eigenvalue weighted by molar-refractivity contribution is 5.95. The number of rotatable bonds is 5. The van der Waals surface area contributed by atoms with Gasteiger partial charge in [0.2, 0.25) is 0 Å². The van der Waals surface area contributed by atoms with E-state index in [-0.39, 0.29) is 5.91 Å². The van der Waals surface area contributed by atoms with Crippen molar-refractivity contribution in [2.45, 2.75) is 31.9 Å². The van der Waals surface area contributed by atoms with Gasteiger partial charge >= 0.3 is 0 Å². The lowest BCUT2D eigenvalue weighted by molar-refractivity contribution is 0.0328. The van der Waals surface area contributed by atoms with Crippen LogP contribution in [0.4, 0.5) is 5.69 Å². The first-order valence-corrected chi connectivity index (χ1v) is 6.40. The average molecular weight is 248 g/mol. The zero-order valence-corrected chi connectivity index (χ0v) is 10.9. The Kier molecular flexibility index (Phi) is 4.20. The van der Waals surface area contributed by atoms with Gasteiger partial charge < -0.3 is 15.4 Å². The summed E-state index contributed by atoms with van der Waals surface area (Å²) in [5, 5.41) is 6.22. The van der Waals surface area contributed by atoms with Crippen molar-refractivity contribution in [2.24, 2.45) is 0 Å². The number of carbonyl (C=O) groups is 1. The molecular formula is C14H20N2O2. The third-order valence-electron chi connectivity index (χ3n) is 3.26. The maximum atomic E-state index is 11.7. The molecule has 0 unspecified atom stereocenters. The highest BCUT2D eigenvalue weighted by Gasteiger charge is 2.28. The highest BCUT2D eigenvalue weighted by atomic mass is 16.5. The Labute approximate surface area is 108 Å². The number of anilines is 1. The summed E-state index contributed by atoms with van der Waals surface area (Å²) in [5.41, 5.74) is 1.70. The van der Waals surface area contributed by atoms with Gasteiger partial charge in [0.25, 0.3) is 5.91 Å². The number of hydrogen-bond acceptors (Lipinski definition) is 3. The first-order valence-electron chi connectivity index (χ1n) is 6.40. The van der Waals surface area contributed by atoms with Crippen LogP contribution in [0.2, 0.25) is 0 Å². The van der Waals surface area contributed by atoms with E-state index in [1.807, 2.05) is 31.2 Å². The Morgan fingerprint density at radius 1 is 1.44 bits per heavy atom. The molecule has 1 aromatic rings. The highest BCUT2D eigenvalue weighted by Crippen LogP contribution is 2.26. The molecule has 1 saturated carbocycles. The number of nitrogens with one attached hydrogen (secondary N) is 2. The van der Waals surface area contributed by atoms with E-state index < -0.39 is 0 Å². The Bertz CT molecular complexity index is 414. The second-order valence-electron chi connectivity index (χ2n) is 4.61. The quantitative estimate of drug-likeness (QED) is 0.838. The summed E-state index contributed by atoms with van der Waals surface area (Å²) in [6.45, 7) is 2.56. The van der Waals surface area contributed by atoms with Crippen molar-refractivity contribution < 1.29 is 9.53 Å². The SMILES string of the molecule is CCNC(=O)c1cccc(NC2CC(OC)C2)c1. The maximum absolute atomic E-state index is 11.7. The molecule has 98 valence electrons. The first kappa shape index (κ1) is 12.9. The van der Waals surface area contributed by atoms with E-state index in [0.717, 1.165) is 18.5 Å². The van der Waals surface area contributed by atoms with Gasteiger partial charge in [-0.25, -0.2) is 0 Å². The van der Waals surface area contributed by atoms with E-state index in [1.54, 1.807) is 7.11 Å². The Morgan fingerprint density at radius 3 is 2.89 bits per heavy atom. The molecule has 0 atom stereocenters. The lowest BCUT2D eigenvalue weighted by Gasteiger charge is -2.35. The van der Waals surface area contributed by atoms with Crippen LogP contribution in [0.15, 0.2) is 24.3 Å². The number of ether oxygens (including phenoxy) is 1. The molecule has 0 bridgehead atoms. The van der Waals surface area contributed by atoms with Crippen LogP contribution in [0.25, 0.3) is 0 Å². The molecule has 4 heteroatoms. The molecule has 2 N–H and O–H groups in total. The molecular weight excluding hydrogens is 228 g/mol. The topological polar surface area (TPSA) is 50.4 Å². The first-order chi connectivity index (χ1) is 8.72. The maximum Gasteiger partial charge on any atom is 0.251 e. The summed E-state index contributed by atoms with van der Waals surface area (Å²) in [4.78, 5) is 11.7. The number of amides is 1. The zero-order valence-electron chi connectivity index (χ0n) is 10.9. The van der Waals surface area contributed by atoms with Gasteiger partial charge in [-0.15, -0.1) is 0 Å². The van der Waals surface area contributed by atoms with Gasteiger partial charge in [0, 0.05) is 30.9 Å². The summed E-state index contributed by atoms with van der Waals surface area (Å²) >= 11 is 0. The lowest BCUT2D eigenvalue weighted by Crippen LogP contribution is -2.40. The molecule has 0 saturated heterocycles. The van der Waals surface area contributed by atoms with Crippen LogP contribution in [0.5, 0.6) is 0 Å². The van der Waals surface area contributed by atoms with Gasteiger partial charge in [-0.05, 0) is 38.0 Å². The molecule has 0 heterocycles. The minimum absolute atomic E-state index is 0.0236. The van der Waals surface area contributed by atoms with Gasteiger partial charge in [-0.1, -0.05) is 6.07 Å². The number of methoxy groups -OCH3 is 1. The van der Waals surface area contributed by atoms with Crippen LogP contribution in [0.1, 0.15) is 30.1 Å². The molecule has 0 aliphatic heterocycles. The smallest absolute Gasteiger partial charge is 0.251 e. The fourth-order valence-corrected chi connectivity index (χ4v) is 2.12. The van der Waals surface area contributed by atoms with Crippen molar-refractivity contribution >= 4 is 11.6 Å². The van der Waals surface area contributed by atoms with Crippen molar-refractivity contribution in [3.63, 3.8) is 0 Å². The zero-order chi connectivity index (χ0) is 13.0. The van der Waals surface area contributed by atoms with Crippen molar-refractivity contribution in [2.75, 3.05) is 19.0 Å². The van der Waals surface area contributed by atoms with Gasteiger partial charge in [0.15, 0.2) is 0 Å². The standard InChI is InChI=1S/C14H20N2O2/c1-3-15-14(17)10-5-4-6-11(7-10)16-12-8-13(9-12)18-2/h4-7,12-13,16H,3,8-9H2,1-2H3,(H,15,17). The second-order valence-corrected chi connectivity index (χ2v) is 4.61. The molecule has 1 aliphatic carbocycles. The van der Waals surface area contributed by atoms with Crippen LogP contribution in [-0.4, -0.2) is 31.7 Å². The van der Waals surface area contributed by atoms with E-state index in [4.69, 9.17) is 4.74 Å². The minimum Gasteiger partial charge on any atom is -0.382 e. The summed E-state index contributed by atoms with van der Waals surface area (Å²) in [6.07, 6.45) is 2.44. The van der Waals surface area contributed by atoms with Gasteiger partial charge in [-0.3, -0.25) is 4.79 Å². The molecule has 18 heavy (non-hydrogen) atoms. The molecule has 1 aromatic carbocycles. The van der Waals surface area contributed by atoms with Gasteiger partial charge in [0.05, 0.1) is 6.10 Å². The van der Waals surface area contributed by atoms with Crippen molar-refractivity contribution in [3.05, 3.63) is 29.8 Å². The predicted octanol–water partition coefficient (Wildman–Crippen LogP) is 2.03. The third-order valence-corrected chi connectivity index (χ3v) is 3.26. The Hall–Kier alpha value is -1.55. The normalized spacial score (nSPS) is 22.1. The Morgan fingerprint density at radius 2 is 2.22 bits per heavy atom. The lowest BCUT2D eigenvalue weighted by atomic mass is 9.89. The van der Waals surface area contributed by atoms with E-state index in [1.165, 1.54) is 0 Å². The average Bonchev–Trinajstić information content (AvgIpc) is 2.34. The van der Waals surface area contributed by atoms with Crippen LogP contribution in [0.3, 0.4) is 0 Å². The van der Waals surface area contributed by atoms with Gasteiger partial charge in [0.1, 0.15) is 0 Å². The van der Waals surface area contributed by atoms with E-state index in [2.05, 4.69) is 10.6 Å². The van der Waals surface area contributed by atoms with Crippen molar-refractivity contribution in [3.8, 4) is 0 Å². The van der Waals surface area contributed by atoms with E-state index >= 15 is 0 Å². The van der Waals surface area contributed by atoms with Crippen molar-refractivity contribution in [1.82, 2.24) is 5.32 Å². The molecule has 1 aliphatic rings.